The van der Waals surface area contributed by atoms with Gasteiger partial charge >= 0.3 is 0 Å². The minimum atomic E-state index is 0.537. The molecule has 2 heteroatoms. The van der Waals surface area contributed by atoms with Gasteiger partial charge in [0.15, 0.2) is 0 Å². The van der Waals surface area contributed by atoms with Gasteiger partial charge in [-0.25, -0.2) is 0 Å². The van der Waals surface area contributed by atoms with E-state index < -0.39 is 0 Å². The fourth-order valence-electron chi connectivity index (χ4n) is 1.21. The fraction of sp³-hybridized carbons (Fsp3) is 0.455. The van der Waals surface area contributed by atoms with Gasteiger partial charge in [0.05, 0.1) is 0 Å². The normalized spacial score (nSPS) is 15.3. The highest BCUT2D eigenvalue weighted by Crippen LogP contribution is 2.30. The molecule has 1 aromatic rings. The Balaban J connectivity index is 2.53. The van der Waals surface area contributed by atoms with Crippen molar-refractivity contribution in [3.05, 3.63) is 35.9 Å². The summed E-state index contributed by atoms with van der Waals surface area (Å²) in [6, 6.07) is 10.5. The molecule has 0 aromatic heterocycles. The van der Waals surface area contributed by atoms with Gasteiger partial charge in [-0.15, -0.1) is 11.8 Å². The van der Waals surface area contributed by atoms with E-state index in [9.17, 15) is 0 Å². The van der Waals surface area contributed by atoms with Gasteiger partial charge in [0.1, 0.15) is 0 Å². The monoisotopic (exact) mass is 195 g/mol. The summed E-state index contributed by atoms with van der Waals surface area (Å²) >= 11 is 1.93. The number of hydrogen-bond donors (Lipinski definition) is 1. The summed E-state index contributed by atoms with van der Waals surface area (Å²) in [7, 11) is 0. The third kappa shape index (κ3) is 3.41. The van der Waals surface area contributed by atoms with Crippen LogP contribution in [0, 0.1) is 0 Å². The lowest BCUT2D eigenvalue weighted by Gasteiger charge is -2.15. The van der Waals surface area contributed by atoms with E-state index >= 15 is 0 Å². The van der Waals surface area contributed by atoms with Crippen molar-refractivity contribution < 1.29 is 0 Å². The molecule has 0 heterocycles. The minimum absolute atomic E-state index is 0.537. The lowest BCUT2D eigenvalue weighted by molar-refractivity contribution is 0.936. The van der Waals surface area contributed by atoms with Crippen LogP contribution in [0.1, 0.15) is 24.7 Å². The molecule has 0 saturated carbocycles. The van der Waals surface area contributed by atoms with Gasteiger partial charge in [-0.2, -0.15) is 0 Å². The van der Waals surface area contributed by atoms with Gasteiger partial charge in [0, 0.05) is 17.0 Å². The molecule has 2 atom stereocenters. The topological polar surface area (TPSA) is 26.0 Å². The molecule has 0 spiro atoms. The van der Waals surface area contributed by atoms with E-state index in [0.29, 0.717) is 10.5 Å². The number of hydrogen-bond acceptors (Lipinski definition) is 2. The molecule has 72 valence electrons. The zero-order valence-corrected chi connectivity index (χ0v) is 9.05. The molecule has 0 saturated heterocycles. The van der Waals surface area contributed by atoms with Crippen LogP contribution in [0.15, 0.2) is 30.3 Å². The minimum Gasteiger partial charge on any atom is -0.329 e. The predicted octanol–water partition coefficient (Wildman–Crippen LogP) is 2.83. The Labute approximate surface area is 84.7 Å². The summed E-state index contributed by atoms with van der Waals surface area (Å²) in [6.45, 7) is 5.15. The molecule has 1 rings (SSSR count). The molecule has 2 unspecified atom stereocenters. The zero-order valence-electron chi connectivity index (χ0n) is 8.23. The van der Waals surface area contributed by atoms with Crippen molar-refractivity contribution in [1.29, 1.82) is 0 Å². The highest BCUT2D eigenvalue weighted by Gasteiger charge is 2.08. The lowest BCUT2D eigenvalue weighted by Crippen LogP contribution is -2.13. The van der Waals surface area contributed by atoms with E-state index in [0.717, 1.165) is 6.54 Å². The van der Waals surface area contributed by atoms with Crippen LogP contribution in [0.25, 0.3) is 0 Å². The van der Waals surface area contributed by atoms with Crippen LogP contribution in [-0.4, -0.2) is 11.8 Å². The maximum Gasteiger partial charge on any atom is 0.0272 e. The predicted molar refractivity (Wildman–Crippen MR) is 61.0 cm³/mol. The Morgan fingerprint density at radius 3 is 2.38 bits per heavy atom. The van der Waals surface area contributed by atoms with E-state index in [1.165, 1.54) is 5.56 Å². The van der Waals surface area contributed by atoms with Crippen molar-refractivity contribution in [3.63, 3.8) is 0 Å². The van der Waals surface area contributed by atoms with E-state index in [4.69, 9.17) is 5.73 Å². The first kappa shape index (κ1) is 10.6. The van der Waals surface area contributed by atoms with Crippen LogP contribution in [-0.2, 0) is 0 Å². The Morgan fingerprint density at radius 1 is 1.23 bits per heavy atom. The summed E-state index contributed by atoms with van der Waals surface area (Å²) in [5, 5.41) is 1.08. The van der Waals surface area contributed by atoms with Crippen LogP contribution in [0.5, 0.6) is 0 Å². The Kier molecular flexibility index (Phi) is 4.33. The quantitative estimate of drug-likeness (QED) is 0.799. The van der Waals surface area contributed by atoms with Crippen LogP contribution in [0.3, 0.4) is 0 Å². The first-order valence-corrected chi connectivity index (χ1v) is 5.58. The molecular weight excluding hydrogens is 178 g/mol. The van der Waals surface area contributed by atoms with Crippen LogP contribution >= 0.6 is 11.8 Å². The highest BCUT2D eigenvalue weighted by atomic mass is 32.2. The van der Waals surface area contributed by atoms with Crippen LogP contribution in [0.2, 0.25) is 0 Å². The molecule has 1 nitrogen and oxygen atoms in total. The van der Waals surface area contributed by atoms with Crippen molar-refractivity contribution in [1.82, 2.24) is 0 Å². The average Bonchev–Trinajstić information content (AvgIpc) is 2.19. The van der Waals surface area contributed by atoms with Gasteiger partial charge < -0.3 is 5.73 Å². The van der Waals surface area contributed by atoms with Crippen molar-refractivity contribution >= 4 is 11.8 Å². The maximum absolute atomic E-state index is 5.58. The molecule has 0 aliphatic carbocycles. The third-order valence-electron chi connectivity index (χ3n) is 2.04. The molecule has 0 aliphatic rings. The molecule has 1 aromatic carbocycles. The van der Waals surface area contributed by atoms with Gasteiger partial charge in [-0.05, 0) is 12.5 Å². The summed E-state index contributed by atoms with van der Waals surface area (Å²) in [4.78, 5) is 0. The average molecular weight is 195 g/mol. The maximum atomic E-state index is 5.58. The molecule has 0 aliphatic heterocycles. The molecule has 0 fully saturated rings. The summed E-state index contributed by atoms with van der Waals surface area (Å²) in [6.07, 6.45) is 0. The molecule has 0 bridgehead atoms. The van der Waals surface area contributed by atoms with Crippen molar-refractivity contribution in [2.24, 2.45) is 5.73 Å². The number of rotatable bonds is 4. The standard InChI is InChI=1S/C11H17NS/c1-9(8-12)13-10(2)11-6-4-3-5-7-11/h3-7,9-10H,8,12H2,1-2H3. The van der Waals surface area contributed by atoms with Crippen molar-refractivity contribution in [2.45, 2.75) is 24.3 Å². The smallest absolute Gasteiger partial charge is 0.0272 e. The van der Waals surface area contributed by atoms with Crippen molar-refractivity contribution in [3.8, 4) is 0 Å². The number of benzene rings is 1. The highest BCUT2D eigenvalue weighted by molar-refractivity contribution is 8.00. The second kappa shape index (κ2) is 5.30. The van der Waals surface area contributed by atoms with E-state index in [1.54, 1.807) is 0 Å². The van der Waals surface area contributed by atoms with E-state index in [-0.39, 0.29) is 0 Å². The van der Waals surface area contributed by atoms with Gasteiger partial charge in [0.2, 0.25) is 0 Å². The van der Waals surface area contributed by atoms with Crippen LogP contribution < -0.4 is 5.73 Å². The first-order valence-electron chi connectivity index (χ1n) is 4.64. The molecule has 13 heavy (non-hydrogen) atoms. The second-order valence-corrected chi connectivity index (χ2v) is 5.02. The molecule has 0 amide bonds. The number of thioether (sulfide) groups is 1. The SMILES string of the molecule is CC(CN)SC(C)c1ccccc1. The fourth-order valence-corrected chi connectivity index (χ4v) is 2.33. The zero-order chi connectivity index (χ0) is 9.68. The third-order valence-corrected chi connectivity index (χ3v) is 3.37. The van der Waals surface area contributed by atoms with Gasteiger partial charge in [0.25, 0.3) is 0 Å². The molecule has 0 radical (unpaired) electrons. The largest absolute Gasteiger partial charge is 0.329 e. The van der Waals surface area contributed by atoms with Gasteiger partial charge in [-0.3, -0.25) is 0 Å². The Bertz CT molecular complexity index is 235. The number of nitrogens with two attached hydrogens (primary N) is 1. The Morgan fingerprint density at radius 2 is 1.85 bits per heavy atom. The Hall–Kier alpha value is -0.470. The first-order chi connectivity index (χ1) is 6.24. The second-order valence-electron chi connectivity index (χ2n) is 3.24. The molecule has 2 N–H and O–H groups in total. The molecular formula is C11H17NS. The van der Waals surface area contributed by atoms with E-state index in [2.05, 4.69) is 38.1 Å². The lowest BCUT2D eigenvalue weighted by atomic mass is 10.2. The summed E-state index contributed by atoms with van der Waals surface area (Å²) < 4.78 is 0. The van der Waals surface area contributed by atoms with Gasteiger partial charge in [-0.1, -0.05) is 37.3 Å². The summed E-state index contributed by atoms with van der Waals surface area (Å²) in [5.41, 5.74) is 6.96. The van der Waals surface area contributed by atoms with Crippen molar-refractivity contribution in [2.75, 3.05) is 6.54 Å². The van der Waals surface area contributed by atoms with E-state index in [1.807, 2.05) is 17.8 Å². The summed E-state index contributed by atoms with van der Waals surface area (Å²) in [5.74, 6) is 0. The van der Waals surface area contributed by atoms with Crippen LogP contribution in [0.4, 0.5) is 0 Å².